The number of benzene rings is 1. The fourth-order valence-electron chi connectivity index (χ4n) is 4.13. The van der Waals surface area contributed by atoms with Gasteiger partial charge in [0.2, 0.25) is 0 Å². The predicted molar refractivity (Wildman–Crippen MR) is 95.0 cm³/mol. The first-order valence-corrected chi connectivity index (χ1v) is 8.47. The highest BCUT2D eigenvalue weighted by molar-refractivity contribution is 6.05. The molecule has 2 saturated heterocycles. The molecule has 2 aromatic rings. The fourth-order valence-corrected chi connectivity index (χ4v) is 4.13. The smallest absolute Gasteiger partial charge is 0.387 e. The number of H-pyrrole nitrogens is 1. The number of alkyl halides is 2. The third-order valence-electron chi connectivity index (χ3n) is 5.41. The van der Waals surface area contributed by atoms with E-state index in [1.54, 1.807) is 6.07 Å². The normalized spacial score (nSPS) is 25.3. The Morgan fingerprint density at radius 1 is 1.35 bits per heavy atom. The van der Waals surface area contributed by atoms with E-state index in [2.05, 4.69) is 32.2 Å². The zero-order valence-electron chi connectivity index (χ0n) is 14.2. The summed E-state index contributed by atoms with van der Waals surface area (Å²) in [6, 6.07) is 5.62. The van der Waals surface area contributed by atoms with Gasteiger partial charge in [0.05, 0.1) is 5.52 Å². The van der Waals surface area contributed by atoms with Gasteiger partial charge in [-0.05, 0) is 44.9 Å². The first-order valence-electron chi connectivity index (χ1n) is 8.47. The summed E-state index contributed by atoms with van der Waals surface area (Å²) in [4.78, 5) is 15.0. The number of carbonyl (C=O) groups excluding carboxylic acids is 1. The van der Waals surface area contributed by atoms with Crippen LogP contribution in [0.4, 0.5) is 8.78 Å². The highest BCUT2D eigenvalue weighted by Crippen LogP contribution is 2.34. The highest BCUT2D eigenvalue weighted by Gasteiger charge is 2.39. The van der Waals surface area contributed by atoms with Crippen molar-refractivity contribution in [2.24, 2.45) is 0 Å². The number of ether oxygens (including phenoxy) is 1. The van der Waals surface area contributed by atoms with E-state index in [9.17, 15) is 13.6 Å². The van der Waals surface area contributed by atoms with Crippen LogP contribution in [0.25, 0.3) is 10.9 Å². The van der Waals surface area contributed by atoms with Crippen LogP contribution in [-0.4, -0.2) is 52.8 Å². The van der Waals surface area contributed by atoms with Gasteiger partial charge in [-0.15, -0.1) is 12.4 Å². The maximum Gasteiger partial charge on any atom is 0.387 e. The maximum atomic E-state index is 12.6. The number of halogens is 3. The average molecular weight is 387 g/mol. The van der Waals surface area contributed by atoms with Crippen LogP contribution < -0.4 is 10.1 Å². The second-order valence-electron chi connectivity index (χ2n) is 6.85. The largest absolute Gasteiger partial charge is 0.435 e. The number of fused-ring (bicyclic) bond motifs is 3. The van der Waals surface area contributed by atoms with Crippen LogP contribution in [0.15, 0.2) is 18.2 Å². The molecule has 2 aliphatic rings. The minimum Gasteiger partial charge on any atom is -0.435 e. The van der Waals surface area contributed by atoms with Crippen LogP contribution in [0.3, 0.4) is 0 Å². The summed E-state index contributed by atoms with van der Waals surface area (Å²) in [5, 5.41) is 10.4. The zero-order valence-corrected chi connectivity index (χ0v) is 15.1. The van der Waals surface area contributed by atoms with Gasteiger partial charge in [0.1, 0.15) is 5.75 Å². The Labute approximate surface area is 155 Å². The number of hydrogen-bond donors (Lipinski definition) is 2. The van der Waals surface area contributed by atoms with Gasteiger partial charge < -0.3 is 15.0 Å². The fraction of sp³-hybridized carbons (Fsp3) is 0.529. The van der Waals surface area contributed by atoms with Gasteiger partial charge in [0.15, 0.2) is 5.69 Å². The molecule has 4 rings (SSSR count). The van der Waals surface area contributed by atoms with Crippen molar-refractivity contribution in [1.82, 2.24) is 20.4 Å². The maximum absolute atomic E-state index is 12.6. The molecule has 142 valence electrons. The van der Waals surface area contributed by atoms with Gasteiger partial charge >= 0.3 is 6.61 Å². The Balaban J connectivity index is 0.00000196. The van der Waals surface area contributed by atoms with Crippen molar-refractivity contribution in [2.75, 3.05) is 7.05 Å². The van der Waals surface area contributed by atoms with Crippen molar-refractivity contribution in [2.45, 2.75) is 50.4 Å². The van der Waals surface area contributed by atoms with Gasteiger partial charge in [0, 0.05) is 29.6 Å². The molecule has 0 aliphatic carbocycles. The number of carbonyl (C=O) groups is 1. The van der Waals surface area contributed by atoms with Gasteiger partial charge in [0.25, 0.3) is 5.91 Å². The van der Waals surface area contributed by atoms with Crippen molar-refractivity contribution < 1.29 is 18.3 Å². The Hall–Kier alpha value is -1.93. The Kier molecular flexibility index (Phi) is 5.34. The van der Waals surface area contributed by atoms with E-state index in [4.69, 9.17) is 0 Å². The van der Waals surface area contributed by atoms with Crippen molar-refractivity contribution in [3.8, 4) is 5.75 Å². The lowest BCUT2D eigenvalue weighted by Crippen LogP contribution is -2.48. The van der Waals surface area contributed by atoms with Crippen molar-refractivity contribution in [3.05, 3.63) is 23.9 Å². The van der Waals surface area contributed by atoms with E-state index in [0.717, 1.165) is 12.8 Å². The first-order chi connectivity index (χ1) is 12.0. The van der Waals surface area contributed by atoms with E-state index >= 15 is 0 Å². The van der Waals surface area contributed by atoms with Gasteiger partial charge in [-0.2, -0.15) is 13.9 Å². The zero-order chi connectivity index (χ0) is 17.6. The quantitative estimate of drug-likeness (QED) is 0.847. The molecule has 2 bridgehead atoms. The molecule has 0 saturated carbocycles. The third-order valence-corrected chi connectivity index (χ3v) is 5.41. The minimum atomic E-state index is -2.89. The number of nitrogens with zero attached hydrogens (tertiary/aromatic N) is 2. The number of amides is 1. The number of rotatable bonds is 4. The van der Waals surface area contributed by atoms with E-state index in [0.29, 0.717) is 23.0 Å². The van der Waals surface area contributed by atoms with Crippen LogP contribution in [0.2, 0.25) is 0 Å². The Bertz CT molecular complexity index is 786. The van der Waals surface area contributed by atoms with Crippen LogP contribution in [0.1, 0.15) is 36.2 Å². The molecule has 2 unspecified atom stereocenters. The molecule has 26 heavy (non-hydrogen) atoms. The molecule has 0 radical (unpaired) electrons. The summed E-state index contributed by atoms with van der Waals surface area (Å²) >= 11 is 0. The first kappa shape index (κ1) is 18.8. The monoisotopic (exact) mass is 386 g/mol. The minimum absolute atomic E-state index is 0. The molecule has 6 nitrogen and oxygen atoms in total. The summed E-state index contributed by atoms with van der Waals surface area (Å²) in [5.74, 6) is -0.201. The van der Waals surface area contributed by atoms with Gasteiger partial charge in [-0.25, -0.2) is 0 Å². The van der Waals surface area contributed by atoms with Crippen LogP contribution in [-0.2, 0) is 0 Å². The van der Waals surface area contributed by atoms with Crippen molar-refractivity contribution >= 4 is 29.2 Å². The average Bonchev–Trinajstić information content (AvgIpc) is 3.04. The van der Waals surface area contributed by atoms with Crippen LogP contribution in [0.5, 0.6) is 5.75 Å². The number of nitrogens with one attached hydrogen (secondary N) is 2. The lowest BCUT2D eigenvalue weighted by atomic mass is 9.98. The summed E-state index contributed by atoms with van der Waals surface area (Å²) in [6.45, 7) is -2.89. The third kappa shape index (κ3) is 3.48. The van der Waals surface area contributed by atoms with E-state index in [1.807, 2.05) is 0 Å². The standard InChI is InChI=1S/C17H20F2N4O2.ClH/c1-23-10-2-3-11(23)7-9(6-10)20-16(24)15-13-5-4-12(25-17(18)19)8-14(13)21-22-15;/h4-5,8-11,17H,2-3,6-7H2,1H3,(H,20,24)(H,21,22);1H. The molecule has 2 N–H and O–H groups in total. The SMILES string of the molecule is CN1C2CCC1CC(NC(=O)c1n[nH]c3cc(OC(F)F)ccc13)C2.Cl. The second kappa shape index (κ2) is 7.36. The topological polar surface area (TPSA) is 70.2 Å². The Morgan fingerprint density at radius 2 is 2.04 bits per heavy atom. The summed E-state index contributed by atoms with van der Waals surface area (Å²) < 4.78 is 29.0. The molecular weight excluding hydrogens is 366 g/mol. The molecule has 2 fully saturated rings. The Morgan fingerprint density at radius 3 is 2.69 bits per heavy atom. The number of aromatic amines is 1. The van der Waals surface area contributed by atoms with Crippen LogP contribution >= 0.6 is 12.4 Å². The summed E-state index contributed by atoms with van der Waals surface area (Å²) in [6.07, 6.45) is 4.28. The van der Waals surface area contributed by atoms with E-state index in [1.165, 1.54) is 25.0 Å². The van der Waals surface area contributed by atoms with E-state index in [-0.39, 0.29) is 35.8 Å². The number of aromatic nitrogens is 2. The second-order valence-corrected chi connectivity index (χ2v) is 6.85. The molecular formula is C17H21ClF2N4O2. The predicted octanol–water partition coefficient (Wildman–Crippen LogP) is 2.94. The lowest BCUT2D eigenvalue weighted by molar-refractivity contribution is -0.0497. The van der Waals surface area contributed by atoms with Crippen LogP contribution in [0, 0.1) is 0 Å². The number of hydrogen-bond acceptors (Lipinski definition) is 4. The molecule has 1 aromatic heterocycles. The molecule has 2 aliphatic heterocycles. The molecule has 0 spiro atoms. The van der Waals surface area contributed by atoms with Crippen molar-refractivity contribution in [1.29, 1.82) is 0 Å². The lowest BCUT2D eigenvalue weighted by Gasteiger charge is -2.36. The van der Waals surface area contributed by atoms with Crippen molar-refractivity contribution in [3.63, 3.8) is 0 Å². The van der Waals surface area contributed by atoms with E-state index < -0.39 is 6.61 Å². The summed E-state index contributed by atoms with van der Waals surface area (Å²) in [7, 11) is 2.15. The molecule has 2 atom stereocenters. The summed E-state index contributed by atoms with van der Waals surface area (Å²) in [5.41, 5.74) is 0.775. The van der Waals surface area contributed by atoms with Gasteiger partial charge in [-0.3, -0.25) is 9.89 Å². The molecule has 1 aromatic carbocycles. The number of piperidine rings is 1. The highest BCUT2D eigenvalue weighted by atomic mass is 35.5. The van der Waals surface area contributed by atoms with Gasteiger partial charge in [-0.1, -0.05) is 0 Å². The molecule has 3 heterocycles. The molecule has 1 amide bonds. The molecule has 9 heteroatoms.